The first-order chi connectivity index (χ1) is 15.1. The number of nitrogens with zero attached hydrogens (tertiary/aromatic N) is 2. The van der Waals surface area contributed by atoms with Crippen LogP contribution in [0.1, 0.15) is 26.4 Å². The number of para-hydroxylation sites is 1. The van der Waals surface area contributed by atoms with Gasteiger partial charge in [0.2, 0.25) is 0 Å². The summed E-state index contributed by atoms with van der Waals surface area (Å²) in [6.07, 6.45) is 3.07. The van der Waals surface area contributed by atoms with Gasteiger partial charge < -0.3 is 16.0 Å². The van der Waals surface area contributed by atoms with Gasteiger partial charge >= 0.3 is 6.03 Å². The van der Waals surface area contributed by atoms with Crippen molar-refractivity contribution < 1.29 is 14.4 Å². The Hall–Kier alpha value is -4.47. The fourth-order valence-electron chi connectivity index (χ4n) is 2.62. The van der Waals surface area contributed by atoms with Crippen LogP contribution in [0.15, 0.2) is 67.0 Å². The summed E-state index contributed by atoms with van der Waals surface area (Å²) in [5.41, 5.74) is 6.54. The third-order valence-corrected chi connectivity index (χ3v) is 4.12. The van der Waals surface area contributed by atoms with Gasteiger partial charge in [-0.15, -0.1) is 0 Å². The van der Waals surface area contributed by atoms with E-state index in [0.29, 0.717) is 18.1 Å². The summed E-state index contributed by atoms with van der Waals surface area (Å²) < 4.78 is 0. The highest BCUT2D eigenvalue weighted by molar-refractivity contribution is 6.00. The molecule has 4 amide bonds. The molecule has 0 aliphatic heterocycles. The van der Waals surface area contributed by atoms with Gasteiger partial charge in [0.15, 0.2) is 0 Å². The first-order valence-corrected chi connectivity index (χ1v) is 9.35. The molecule has 0 spiro atoms. The predicted molar refractivity (Wildman–Crippen MR) is 115 cm³/mol. The number of benzene rings is 1. The van der Waals surface area contributed by atoms with Crippen molar-refractivity contribution in [3.8, 4) is 0 Å². The number of rotatable bonds is 6. The molecule has 2 aromatic heterocycles. The lowest BCUT2D eigenvalue weighted by Gasteiger charge is -2.12. The molecule has 0 aliphatic rings. The van der Waals surface area contributed by atoms with Crippen molar-refractivity contribution >= 4 is 29.4 Å². The molecule has 10 heteroatoms. The van der Waals surface area contributed by atoms with Gasteiger partial charge in [-0.25, -0.2) is 15.2 Å². The van der Waals surface area contributed by atoms with E-state index < -0.39 is 11.9 Å². The molecular weight excluding hydrogens is 398 g/mol. The summed E-state index contributed by atoms with van der Waals surface area (Å²) in [6, 6.07) is 14.8. The van der Waals surface area contributed by atoms with E-state index in [1.807, 2.05) is 6.07 Å². The van der Waals surface area contributed by atoms with Gasteiger partial charge in [0.25, 0.3) is 11.8 Å². The van der Waals surface area contributed by atoms with Crippen LogP contribution in [0.5, 0.6) is 0 Å². The summed E-state index contributed by atoms with van der Waals surface area (Å²) in [5, 5.41) is 8.17. The quantitative estimate of drug-likeness (QED) is 0.387. The molecule has 3 rings (SSSR count). The van der Waals surface area contributed by atoms with E-state index >= 15 is 0 Å². The Morgan fingerprint density at radius 1 is 0.871 bits per heavy atom. The zero-order valence-electron chi connectivity index (χ0n) is 16.7. The number of hydrogen-bond acceptors (Lipinski definition) is 6. The minimum absolute atomic E-state index is 0.239. The van der Waals surface area contributed by atoms with Crippen LogP contribution in [0, 0.1) is 0 Å². The summed E-state index contributed by atoms with van der Waals surface area (Å²) in [7, 11) is 1.53. The largest absolute Gasteiger partial charge is 0.365 e. The lowest BCUT2D eigenvalue weighted by molar-refractivity contribution is 0.0936. The molecule has 0 saturated heterocycles. The Labute approximate surface area is 178 Å². The standard InChI is InChI=1S/C21H21N7O3/c1-22-20(30)17-12-14(9-11-23-17)13-25-18-16(8-5-10-24-18)19(29)27-28-21(31)26-15-6-3-2-4-7-15/h2-12H,13H2,1H3,(H,22,30)(H,24,25)(H,27,29)(H2,26,28,31). The third kappa shape index (κ3) is 6.00. The third-order valence-electron chi connectivity index (χ3n) is 4.12. The summed E-state index contributed by atoms with van der Waals surface area (Å²) >= 11 is 0. The Morgan fingerprint density at radius 3 is 2.45 bits per heavy atom. The number of anilines is 2. The van der Waals surface area contributed by atoms with E-state index in [1.165, 1.54) is 19.4 Å². The highest BCUT2D eigenvalue weighted by atomic mass is 16.2. The van der Waals surface area contributed by atoms with Crippen LogP contribution in [0.2, 0.25) is 0 Å². The molecule has 31 heavy (non-hydrogen) atoms. The summed E-state index contributed by atoms with van der Waals surface area (Å²) in [6.45, 7) is 0.311. The first kappa shape index (κ1) is 21.2. The molecular formula is C21H21N7O3. The predicted octanol–water partition coefficient (Wildman–Crippen LogP) is 1.91. The second-order valence-corrected chi connectivity index (χ2v) is 6.28. The second-order valence-electron chi connectivity index (χ2n) is 6.28. The number of hydrazine groups is 1. The normalized spacial score (nSPS) is 9.97. The number of aromatic nitrogens is 2. The molecule has 0 fully saturated rings. The maximum absolute atomic E-state index is 12.5. The highest BCUT2D eigenvalue weighted by Gasteiger charge is 2.13. The zero-order chi connectivity index (χ0) is 22.1. The summed E-state index contributed by atoms with van der Waals surface area (Å²) in [4.78, 5) is 44.4. The molecule has 0 radical (unpaired) electrons. The van der Waals surface area contributed by atoms with Crippen LogP contribution in [-0.2, 0) is 6.54 Å². The lowest BCUT2D eigenvalue weighted by atomic mass is 10.2. The Balaban J connectivity index is 1.60. The summed E-state index contributed by atoms with van der Waals surface area (Å²) in [5.74, 6) is -0.511. The van der Waals surface area contributed by atoms with Crippen LogP contribution in [0.4, 0.5) is 16.3 Å². The van der Waals surface area contributed by atoms with Gasteiger partial charge in [-0.3, -0.25) is 20.0 Å². The van der Waals surface area contributed by atoms with Crippen molar-refractivity contribution in [3.05, 3.63) is 83.8 Å². The molecule has 10 nitrogen and oxygen atoms in total. The van der Waals surface area contributed by atoms with Crippen LogP contribution in [-0.4, -0.2) is 34.9 Å². The molecule has 0 bridgehead atoms. The van der Waals surface area contributed by atoms with Crippen LogP contribution in [0.3, 0.4) is 0 Å². The van der Waals surface area contributed by atoms with Crippen LogP contribution < -0.4 is 26.8 Å². The fourth-order valence-corrected chi connectivity index (χ4v) is 2.62. The van der Waals surface area contributed by atoms with E-state index in [0.717, 1.165) is 5.56 Å². The minimum atomic E-state index is -0.587. The van der Waals surface area contributed by atoms with Crippen molar-refractivity contribution in [2.24, 2.45) is 0 Å². The molecule has 0 aliphatic carbocycles. The number of pyridine rings is 2. The van der Waals surface area contributed by atoms with Crippen LogP contribution >= 0.6 is 0 Å². The maximum Gasteiger partial charge on any atom is 0.337 e. The number of urea groups is 1. The van der Waals surface area contributed by atoms with Gasteiger partial charge in [0.1, 0.15) is 11.5 Å². The molecule has 0 saturated carbocycles. The van der Waals surface area contributed by atoms with Crippen LogP contribution in [0.25, 0.3) is 0 Å². The highest BCUT2D eigenvalue weighted by Crippen LogP contribution is 2.13. The zero-order valence-corrected chi connectivity index (χ0v) is 16.7. The Morgan fingerprint density at radius 2 is 1.68 bits per heavy atom. The molecule has 0 atom stereocenters. The van der Waals surface area contributed by atoms with E-state index in [4.69, 9.17) is 0 Å². The van der Waals surface area contributed by atoms with Crippen molar-refractivity contribution in [3.63, 3.8) is 0 Å². The van der Waals surface area contributed by atoms with Gasteiger partial charge in [-0.2, -0.15) is 0 Å². The van der Waals surface area contributed by atoms with E-state index in [-0.39, 0.29) is 17.2 Å². The number of nitrogens with one attached hydrogen (secondary N) is 5. The molecule has 5 N–H and O–H groups in total. The maximum atomic E-state index is 12.5. The van der Waals surface area contributed by atoms with E-state index in [1.54, 1.807) is 48.5 Å². The SMILES string of the molecule is CNC(=O)c1cc(CNc2ncccc2C(=O)NNC(=O)Nc2ccccc2)ccn1. The molecule has 0 unspecified atom stereocenters. The molecule has 2 heterocycles. The Kier molecular flexibility index (Phi) is 7.09. The average Bonchev–Trinajstić information content (AvgIpc) is 2.81. The number of hydrogen-bond donors (Lipinski definition) is 5. The molecule has 3 aromatic rings. The number of amides is 4. The second kappa shape index (κ2) is 10.3. The smallest absolute Gasteiger partial charge is 0.337 e. The van der Waals surface area contributed by atoms with Crippen molar-refractivity contribution in [2.45, 2.75) is 6.54 Å². The number of carbonyl (C=O) groups is 3. The van der Waals surface area contributed by atoms with E-state index in [2.05, 4.69) is 36.8 Å². The topological polar surface area (TPSA) is 137 Å². The van der Waals surface area contributed by atoms with Crippen molar-refractivity contribution in [1.29, 1.82) is 0 Å². The first-order valence-electron chi connectivity index (χ1n) is 9.35. The van der Waals surface area contributed by atoms with Gasteiger partial charge in [-0.05, 0) is 42.0 Å². The monoisotopic (exact) mass is 419 g/mol. The Bertz CT molecular complexity index is 1070. The van der Waals surface area contributed by atoms with Gasteiger partial charge in [0, 0.05) is 31.7 Å². The molecule has 158 valence electrons. The average molecular weight is 419 g/mol. The molecule has 1 aromatic carbocycles. The van der Waals surface area contributed by atoms with Crippen molar-refractivity contribution in [1.82, 2.24) is 26.1 Å². The van der Waals surface area contributed by atoms with Crippen molar-refractivity contribution in [2.75, 3.05) is 17.7 Å². The minimum Gasteiger partial charge on any atom is -0.365 e. The van der Waals surface area contributed by atoms with Gasteiger partial charge in [-0.1, -0.05) is 18.2 Å². The number of carbonyl (C=O) groups excluding carboxylic acids is 3. The fraction of sp³-hybridized carbons (Fsp3) is 0.0952. The lowest BCUT2D eigenvalue weighted by Crippen LogP contribution is -2.44. The van der Waals surface area contributed by atoms with E-state index in [9.17, 15) is 14.4 Å². The van der Waals surface area contributed by atoms with Gasteiger partial charge in [0.05, 0.1) is 5.56 Å².